The smallest absolute Gasteiger partial charge is 0.407 e. The number of nitrogens with two attached hydrogens (primary N) is 1. The summed E-state index contributed by atoms with van der Waals surface area (Å²) in [5, 5.41) is 2.83. The minimum Gasteiger partial charge on any atom is -0.446 e. The van der Waals surface area contributed by atoms with Crippen LogP contribution < -0.4 is 11.1 Å². The fourth-order valence-corrected chi connectivity index (χ4v) is 6.11. The molecule has 6 nitrogen and oxygen atoms in total. The highest BCUT2D eigenvalue weighted by Crippen LogP contribution is 2.56. The number of carbonyl (C=O) groups is 1. The lowest BCUT2D eigenvalue weighted by Crippen LogP contribution is -2.60. The first-order valence-electron chi connectivity index (χ1n) is 10.3. The number of rotatable bonds is 5. The van der Waals surface area contributed by atoms with E-state index in [1.165, 1.54) is 38.5 Å². The Kier molecular flexibility index (Phi) is 5.53. The molecule has 4 saturated carbocycles. The molecule has 3 N–H and O–H groups in total. The number of alkyl carbamates (subject to hydrolysis) is 1. The fourth-order valence-electron chi connectivity index (χ4n) is 6.11. The van der Waals surface area contributed by atoms with Gasteiger partial charge in [0.05, 0.1) is 13.2 Å². The zero-order chi connectivity index (χ0) is 18.0. The quantitative estimate of drug-likeness (QED) is 0.730. The molecule has 5 rings (SSSR count). The molecule has 146 valence electrons. The maximum atomic E-state index is 12.2. The Morgan fingerprint density at radius 2 is 1.96 bits per heavy atom. The van der Waals surface area contributed by atoms with E-state index < -0.39 is 0 Å². The second-order valence-electron chi connectivity index (χ2n) is 8.59. The third-order valence-corrected chi connectivity index (χ3v) is 7.10. The fraction of sp³-hybridized carbons (Fsp3) is 0.850. The lowest BCUT2D eigenvalue weighted by atomic mass is 9.62. The first-order chi connectivity index (χ1) is 12.7. The molecule has 2 atom stereocenters. The maximum Gasteiger partial charge on any atom is 0.407 e. The van der Waals surface area contributed by atoms with Crippen LogP contribution in [0.4, 0.5) is 4.79 Å². The van der Waals surface area contributed by atoms with Crippen molar-refractivity contribution >= 4 is 6.09 Å². The Hall–Kier alpha value is -1.11. The van der Waals surface area contributed by atoms with Crippen molar-refractivity contribution in [2.75, 3.05) is 39.4 Å². The van der Waals surface area contributed by atoms with E-state index >= 15 is 0 Å². The van der Waals surface area contributed by atoms with E-state index in [1.807, 2.05) is 12.2 Å². The topological polar surface area (TPSA) is 76.8 Å². The van der Waals surface area contributed by atoms with Crippen LogP contribution in [0.3, 0.4) is 0 Å². The van der Waals surface area contributed by atoms with Crippen molar-refractivity contribution in [2.45, 2.75) is 50.2 Å². The molecule has 5 aliphatic rings. The van der Waals surface area contributed by atoms with Gasteiger partial charge in [0.15, 0.2) is 0 Å². The molecule has 4 bridgehead atoms. The van der Waals surface area contributed by atoms with Crippen LogP contribution in [0.15, 0.2) is 12.2 Å². The van der Waals surface area contributed by atoms with Gasteiger partial charge in [-0.3, -0.25) is 4.90 Å². The Bertz CT molecular complexity index is 516. The number of nitrogens with one attached hydrogen (secondary N) is 1. The molecule has 1 amide bonds. The number of fused-ring (bicyclic) bond motifs is 1. The van der Waals surface area contributed by atoms with Gasteiger partial charge >= 0.3 is 6.09 Å². The summed E-state index contributed by atoms with van der Waals surface area (Å²) in [7, 11) is 0. The molecule has 0 aromatic carbocycles. The highest BCUT2D eigenvalue weighted by Gasteiger charge is 2.55. The standard InChI is InChI=1S/C20H33N3O3/c21-5-1-2-6-22-19(24)26-18-16-11-15-3-4-20(13-16,14-17(18)12-15)23-7-9-25-10-8-23/h1-2,15-18H,3-14,21H2,(H,22,24)/b2-1+. The number of hydrogen-bond donors (Lipinski definition) is 2. The van der Waals surface area contributed by atoms with Crippen molar-refractivity contribution in [3.63, 3.8) is 0 Å². The van der Waals surface area contributed by atoms with E-state index in [2.05, 4.69) is 10.2 Å². The van der Waals surface area contributed by atoms with Gasteiger partial charge in [-0.1, -0.05) is 12.2 Å². The first kappa shape index (κ1) is 18.3. The normalized spacial score (nSPS) is 39.9. The van der Waals surface area contributed by atoms with E-state index in [1.54, 1.807) is 0 Å². The van der Waals surface area contributed by atoms with Crippen LogP contribution in [0, 0.1) is 17.8 Å². The number of amides is 1. The van der Waals surface area contributed by atoms with Crippen LogP contribution in [0.5, 0.6) is 0 Å². The van der Waals surface area contributed by atoms with Crippen molar-refractivity contribution in [1.29, 1.82) is 0 Å². The third kappa shape index (κ3) is 3.64. The molecule has 1 saturated heterocycles. The summed E-state index contributed by atoms with van der Waals surface area (Å²) < 4.78 is 11.5. The number of nitrogens with zero attached hydrogens (tertiary/aromatic N) is 1. The van der Waals surface area contributed by atoms with Crippen molar-refractivity contribution < 1.29 is 14.3 Å². The number of carbonyl (C=O) groups excluding carboxylic acids is 1. The summed E-state index contributed by atoms with van der Waals surface area (Å²) >= 11 is 0. The van der Waals surface area contributed by atoms with Gasteiger partial charge in [0.1, 0.15) is 6.10 Å². The van der Waals surface area contributed by atoms with Crippen LogP contribution in [0.25, 0.3) is 0 Å². The second kappa shape index (κ2) is 7.87. The highest BCUT2D eigenvalue weighted by atomic mass is 16.6. The molecule has 5 fully saturated rings. The molecule has 2 unspecified atom stereocenters. The average Bonchev–Trinajstić information content (AvgIpc) is 2.90. The maximum absolute atomic E-state index is 12.2. The van der Waals surface area contributed by atoms with Crippen LogP contribution in [-0.2, 0) is 9.47 Å². The molecule has 26 heavy (non-hydrogen) atoms. The highest BCUT2D eigenvalue weighted by molar-refractivity contribution is 5.67. The van der Waals surface area contributed by atoms with Crippen LogP contribution in [0.2, 0.25) is 0 Å². The summed E-state index contributed by atoms with van der Waals surface area (Å²) in [6.07, 6.45) is 11.0. The van der Waals surface area contributed by atoms with E-state index in [0.29, 0.717) is 30.5 Å². The number of hydrogen-bond acceptors (Lipinski definition) is 5. The first-order valence-corrected chi connectivity index (χ1v) is 10.3. The monoisotopic (exact) mass is 363 g/mol. The summed E-state index contributed by atoms with van der Waals surface area (Å²) in [5.41, 5.74) is 5.74. The van der Waals surface area contributed by atoms with Gasteiger partial charge in [-0.2, -0.15) is 0 Å². The van der Waals surface area contributed by atoms with Crippen LogP contribution >= 0.6 is 0 Å². The molecule has 1 aliphatic heterocycles. The van der Waals surface area contributed by atoms with E-state index in [-0.39, 0.29) is 12.2 Å². The van der Waals surface area contributed by atoms with Crippen molar-refractivity contribution in [2.24, 2.45) is 23.5 Å². The minimum atomic E-state index is -0.275. The summed E-state index contributed by atoms with van der Waals surface area (Å²) in [6, 6.07) is 0. The van der Waals surface area contributed by atoms with Crippen molar-refractivity contribution in [1.82, 2.24) is 10.2 Å². The molecule has 0 spiro atoms. The van der Waals surface area contributed by atoms with Gasteiger partial charge in [0.2, 0.25) is 0 Å². The Morgan fingerprint density at radius 1 is 1.23 bits per heavy atom. The van der Waals surface area contributed by atoms with E-state index in [4.69, 9.17) is 15.2 Å². The van der Waals surface area contributed by atoms with Gasteiger partial charge in [-0.25, -0.2) is 4.79 Å². The predicted molar refractivity (Wildman–Crippen MR) is 99.8 cm³/mol. The molecule has 0 aromatic heterocycles. The average molecular weight is 364 g/mol. The van der Waals surface area contributed by atoms with Gasteiger partial charge in [0.25, 0.3) is 0 Å². The SMILES string of the molecule is NC/C=C/CNC(=O)OC1C2CC3CCC(N4CCOCC4)(C2)CC1C3. The van der Waals surface area contributed by atoms with Gasteiger partial charge in [0, 0.05) is 31.7 Å². The molecule has 6 heteroatoms. The van der Waals surface area contributed by atoms with Gasteiger partial charge in [-0.05, 0) is 56.3 Å². The summed E-state index contributed by atoms with van der Waals surface area (Å²) in [5.74, 6) is 1.86. The molecule has 0 aromatic rings. The Morgan fingerprint density at radius 3 is 2.65 bits per heavy atom. The molecule has 0 radical (unpaired) electrons. The van der Waals surface area contributed by atoms with Crippen LogP contribution in [0.1, 0.15) is 38.5 Å². The summed E-state index contributed by atoms with van der Waals surface area (Å²) in [4.78, 5) is 14.9. The second-order valence-corrected chi connectivity index (χ2v) is 8.59. The molecular weight excluding hydrogens is 330 g/mol. The lowest BCUT2D eigenvalue weighted by molar-refractivity contribution is -0.106. The van der Waals surface area contributed by atoms with E-state index in [9.17, 15) is 4.79 Å². The van der Waals surface area contributed by atoms with Crippen LogP contribution in [-0.4, -0.2) is 62.0 Å². The molecule has 1 heterocycles. The molecular formula is C20H33N3O3. The van der Waals surface area contributed by atoms with Gasteiger partial charge < -0.3 is 20.5 Å². The van der Waals surface area contributed by atoms with E-state index in [0.717, 1.165) is 32.2 Å². The number of ether oxygens (including phenoxy) is 2. The number of morpholine rings is 1. The lowest BCUT2D eigenvalue weighted by Gasteiger charge is -2.54. The zero-order valence-corrected chi connectivity index (χ0v) is 15.7. The summed E-state index contributed by atoms with van der Waals surface area (Å²) in [6.45, 7) is 4.82. The Labute approximate surface area is 156 Å². The predicted octanol–water partition coefficient (Wildman–Crippen LogP) is 1.90. The largest absolute Gasteiger partial charge is 0.446 e. The van der Waals surface area contributed by atoms with Crippen molar-refractivity contribution in [3.8, 4) is 0 Å². The Balaban J connectivity index is 1.41. The molecule has 4 aliphatic carbocycles. The zero-order valence-electron chi connectivity index (χ0n) is 15.7. The third-order valence-electron chi connectivity index (χ3n) is 7.10. The van der Waals surface area contributed by atoms with Crippen molar-refractivity contribution in [3.05, 3.63) is 12.2 Å². The van der Waals surface area contributed by atoms with Gasteiger partial charge in [-0.15, -0.1) is 0 Å². The minimum absolute atomic E-state index is 0.0944.